The zero-order valence-electron chi connectivity index (χ0n) is 10.9. The Morgan fingerprint density at radius 1 is 1.56 bits per heavy atom. The molecule has 100 valence electrons. The fourth-order valence-electron chi connectivity index (χ4n) is 1.53. The van der Waals surface area contributed by atoms with E-state index in [1.165, 1.54) is 18.2 Å². The molecule has 0 spiro atoms. The molecule has 4 nitrogen and oxygen atoms in total. The molecule has 0 radical (unpaired) electrons. The van der Waals surface area contributed by atoms with Gasteiger partial charge in [-0.25, -0.2) is 4.39 Å². The normalized spacial score (nSPS) is 12.2. The lowest BCUT2D eigenvalue weighted by Crippen LogP contribution is -2.42. The Balaban J connectivity index is 2.59. The van der Waals surface area contributed by atoms with Crippen LogP contribution in [0.1, 0.15) is 19.4 Å². The zero-order chi connectivity index (χ0) is 13.7. The summed E-state index contributed by atoms with van der Waals surface area (Å²) in [6.07, 6.45) is 0. The van der Waals surface area contributed by atoms with Crippen molar-refractivity contribution in [3.05, 3.63) is 29.6 Å². The number of carbonyl (C=O) groups is 1. The van der Waals surface area contributed by atoms with Crippen LogP contribution in [0.25, 0.3) is 0 Å². The number of hydrogen-bond acceptors (Lipinski definition) is 3. The smallest absolute Gasteiger partial charge is 0.239 e. The molecule has 0 bridgehead atoms. The molecule has 5 heteroatoms. The SMILES string of the molecule is CCN(C)C(=O)C(C)NCc1cc(F)ccc1O. The van der Waals surface area contributed by atoms with Crippen molar-refractivity contribution < 1.29 is 14.3 Å². The molecule has 0 aliphatic heterocycles. The summed E-state index contributed by atoms with van der Waals surface area (Å²) in [7, 11) is 1.72. The minimum Gasteiger partial charge on any atom is -0.508 e. The number of carbonyl (C=O) groups excluding carboxylic acids is 1. The topological polar surface area (TPSA) is 52.6 Å². The number of phenols is 1. The van der Waals surface area contributed by atoms with Gasteiger partial charge in [0.15, 0.2) is 0 Å². The predicted molar refractivity (Wildman–Crippen MR) is 67.7 cm³/mol. The molecule has 0 heterocycles. The number of hydrogen-bond donors (Lipinski definition) is 2. The van der Waals surface area contributed by atoms with E-state index < -0.39 is 5.82 Å². The van der Waals surface area contributed by atoms with E-state index in [1.54, 1.807) is 18.9 Å². The minimum absolute atomic E-state index is 0.0207. The highest BCUT2D eigenvalue weighted by Crippen LogP contribution is 2.17. The van der Waals surface area contributed by atoms with Crippen molar-refractivity contribution in [1.82, 2.24) is 10.2 Å². The van der Waals surface area contributed by atoms with Crippen molar-refractivity contribution in [3.63, 3.8) is 0 Å². The lowest BCUT2D eigenvalue weighted by atomic mass is 10.2. The Morgan fingerprint density at radius 3 is 2.83 bits per heavy atom. The van der Waals surface area contributed by atoms with Crippen molar-refractivity contribution >= 4 is 5.91 Å². The van der Waals surface area contributed by atoms with Crippen LogP contribution in [0.4, 0.5) is 4.39 Å². The van der Waals surface area contributed by atoms with Gasteiger partial charge in [0.25, 0.3) is 0 Å². The van der Waals surface area contributed by atoms with Crippen molar-refractivity contribution in [2.75, 3.05) is 13.6 Å². The molecule has 0 saturated heterocycles. The summed E-state index contributed by atoms with van der Waals surface area (Å²) in [5.74, 6) is -0.421. The Morgan fingerprint density at radius 2 is 2.22 bits per heavy atom. The van der Waals surface area contributed by atoms with Gasteiger partial charge in [-0.1, -0.05) is 0 Å². The van der Waals surface area contributed by atoms with Crippen LogP contribution >= 0.6 is 0 Å². The molecule has 1 aromatic rings. The van der Waals surface area contributed by atoms with Gasteiger partial charge in [-0.15, -0.1) is 0 Å². The highest BCUT2D eigenvalue weighted by Gasteiger charge is 2.16. The van der Waals surface area contributed by atoms with E-state index in [0.717, 1.165) is 0 Å². The summed E-state index contributed by atoms with van der Waals surface area (Å²) in [6.45, 7) is 4.51. The van der Waals surface area contributed by atoms with Gasteiger partial charge in [0.05, 0.1) is 6.04 Å². The molecular formula is C13H19FN2O2. The van der Waals surface area contributed by atoms with Gasteiger partial charge in [0, 0.05) is 25.7 Å². The molecule has 18 heavy (non-hydrogen) atoms. The van der Waals surface area contributed by atoms with Crippen LogP contribution in [0, 0.1) is 5.82 Å². The number of aromatic hydroxyl groups is 1. The first kappa shape index (κ1) is 14.4. The second-order valence-corrected chi connectivity index (χ2v) is 4.23. The number of nitrogens with zero attached hydrogens (tertiary/aromatic N) is 1. The maximum absolute atomic E-state index is 13.0. The number of rotatable bonds is 5. The fraction of sp³-hybridized carbons (Fsp3) is 0.462. The predicted octanol–water partition coefficient (Wildman–Crippen LogP) is 1.49. The summed E-state index contributed by atoms with van der Waals surface area (Å²) in [6, 6.07) is 3.37. The average molecular weight is 254 g/mol. The third-order valence-electron chi connectivity index (χ3n) is 2.86. The highest BCUT2D eigenvalue weighted by atomic mass is 19.1. The first-order valence-corrected chi connectivity index (χ1v) is 5.91. The highest BCUT2D eigenvalue weighted by molar-refractivity contribution is 5.81. The molecule has 0 aromatic heterocycles. The van der Waals surface area contributed by atoms with Gasteiger partial charge in [-0.3, -0.25) is 4.79 Å². The number of nitrogens with one attached hydrogen (secondary N) is 1. The molecule has 1 atom stereocenters. The lowest BCUT2D eigenvalue weighted by Gasteiger charge is -2.20. The molecule has 0 saturated carbocycles. The Kier molecular flexibility index (Phi) is 5.09. The third-order valence-corrected chi connectivity index (χ3v) is 2.86. The van der Waals surface area contributed by atoms with Crippen LogP contribution in [0.3, 0.4) is 0 Å². The van der Waals surface area contributed by atoms with Crippen LogP contribution in [0.15, 0.2) is 18.2 Å². The maximum Gasteiger partial charge on any atom is 0.239 e. The van der Waals surface area contributed by atoms with E-state index in [4.69, 9.17) is 0 Å². The summed E-state index contributed by atoms with van der Waals surface area (Å²) in [5, 5.41) is 12.5. The first-order valence-electron chi connectivity index (χ1n) is 5.91. The van der Waals surface area contributed by atoms with Gasteiger partial charge in [-0.2, -0.15) is 0 Å². The largest absolute Gasteiger partial charge is 0.508 e. The number of likely N-dealkylation sites (N-methyl/N-ethyl adjacent to an activating group) is 1. The van der Waals surface area contributed by atoms with Crippen LogP contribution in [-0.2, 0) is 11.3 Å². The molecule has 1 unspecified atom stereocenters. The Hall–Kier alpha value is -1.62. The van der Waals surface area contributed by atoms with Crippen LogP contribution in [0.5, 0.6) is 5.75 Å². The maximum atomic E-state index is 13.0. The summed E-state index contributed by atoms with van der Waals surface area (Å²) in [5.41, 5.74) is 0.439. The quantitative estimate of drug-likeness (QED) is 0.837. The van der Waals surface area contributed by atoms with Gasteiger partial charge in [0.1, 0.15) is 11.6 Å². The van der Waals surface area contributed by atoms with E-state index in [2.05, 4.69) is 5.32 Å². The Labute approximate surface area is 106 Å². The van der Waals surface area contributed by atoms with Gasteiger partial charge < -0.3 is 15.3 Å². The minimum atomic E-state index is -0.408. The third kappa shape index (κ3) is 3.70. The molecule has 0 aliphatic rings. The molecule has 0 aliphatic carbocycles. The lowest BCUT2D eigenvalue weighted by molar-refractivity contribution is -0.131. The van der Waals surface area contributed by atoms with E-state index in [0.29, 0.717) is 12.1 Å². The van der Waals surface area contributed by atoms with E-state index >= 15 is 0 Å². The zero-order valence-corrected chi connectivity index (χ0v) is 10.9. The van der Waals surface area contributed by atoms with Crippen molar-refractivity contribution in [3.8, 4) is 5.75 Å². The molecule has 1 amide bonds. The van der Waals surface area contributed by atoms with Crippen molar-refractivity contribution in [1.29, 1.82) is 0 Å². The van der Waals surface area contributed by atoms with Crippen molar-refractivity contribution in [2.24, 2.45) is 0 Å². The second-order valence-electron chi connectivity index (χ2n) is 4.23. The van der Waals surface area contributed by atoms with Crippen LogP contribution < -0.4 is 5.32 Å². The summed E-state index contributed by atoms with van der Waals surface area (Å²) in [4.78, 5) is 13.4. The fourth-order valence-corrected chi connectivity index (χ4v) is 1.53. The van der Waals surface area contributed by atoms with Gasteiger partial charge in [0.2, 0.25) is 5.91 Å². The Bertz CT molecular complexity index is 423. The number of halogens is 1. The summed E-state index contributed by atoms with van der Waals surface area (Å²) >= 11 is 0. The summed E-state index contributed by atoms with van der Waals surface area (Å²) < 4.78 is 13.0. The number of amides is 1. The molecule has 1 aromatic carbocycles. The van der Waals surface area contributed by atoms with Gasteiger partial charge >= 0.3 is 0 Å². The van der Waals surface area contributed by atoms with E-state index in [9.17, 15) is 14.3 Å². The number of benzene rings is 1. The molecule has 0 fully saturated rings. The monoisotopic (exact) mass is 254 g/mol. The molecule has 1 rings (SSSR count). The van der Waals surface area contributed by atoms with Crippen LogP contribution in [-0.4, -0.2) is 35.5 Å². The van der Waals surface area contributed by atoms with Crippen molar-refractivity contribution in [2.45, 2.75) is 26.4 Å². The second kappa shape index (κ2) is 6.35. The molecule has 2 N–H and O–H groups in total. The average Bonchev–Trinajstić information content (AvgIpc) is 2.37. The van der Waals surface area contributed by atoms with Crippen LogP contribution in [0.2, 0.25) is 0 Å². The molecular weight excluding hydrogens is 235 g/mol. The van der Waals surface area contributed by atoms with Gasteiger partial charge in [-0.05, 0) is 32.0 Å². The van der Waals surface area contributed by atoms with E-state index in [1.807, 2.05) is 6.92 Å². The van der Waals surface area contributed by atoms with E-state index in [-0.39, 0.29) is 24.2 Å². The number of phenolic OH excluding ortho intramolecular Hbond substituents is 1. The standard InChI is InChI=1S/C13H19FN2O2/c1-4-16(3)13(18)9(2)15-8-10-7-11(14)5-6-12(10)17/h5-7,9,15,17H,4,8H2,1-3H3. The first-order chi connectivity index (χ1) is 8.45.